The third-order valence-corrected chi connectivity index (χ3v) is 1.66. The Hall–Kier alpha value is -1.78. The van der Waals surface area contributed by atoms with Gasteiger partial charge in [-0.1, -0.05) is 0 Å². The maximum Gasteiger partial charge on any atom is 0.314 e. The van der Waals surface area contributed by atoms with Crippen molar-refractivity contribution in [3.8, 4) is 11.5 Å². The van der Waals surface area contributed by atoms with E-state index < -0.39 is 4.92 Å². The molecule has 1 aromatic carbocycles. The molecule has 0 fully saturated rings. The summed E-state index contributed by atoms with van der Waals surface area (Å²) >= 11 is 0. The summed E-state index contributed by atoms with van der Waals surface area (Å²) in [6.45, 7) is 4.39. The fourth-order valence-corrected chi connectivity index (χ4v) is 1.10. The predicted molar refractivity (Wildman–Crippen MR) is 54.3 cm³/mol. The molecule has 1 rings (SSSR count). The minimum Gasteiger partial charge on any atom is -0.493 e. The van der Waals surface area contributed by atoms with Crippen molar-refractivity contribution in [1.29, 1.82) is 0 Å². The second-order valence-corrected chi connectivity index (χ2v) is 2.67. The van der Waals surface area contributed by atoms with E-state index in [1.54, 1.807) is 13.8 Å². The van der Waals surface area contributed by atoms with Crippen LogP contribution >= 0.6 is 0 Å². The van der Waals surface area contributed by atoms with Crippen LogP contribution in [0.2, 0.25) is 0 Å². The Labute approximate surface area is 87.8 Å². The van der Waals surface area contributed by atoms with Gasteiger partial charge >= 0.3 is 5.69 Å². The molecule has 0 amide bonds. The van der Waals surface area contributed by atoms with Crippen LogP contribution in [0.3, 0.4) is 0 Å². The van der Waals surface area contributed by atoms with Crippen LogP contribution in [-0.4, -0.2) is 18.1 Å². The molecule has 0 N–H and O–H groups in total. The van der Waals surface area contributed by atoms with Crippen molar-refractivity contribution in [1.82, 2.24) is 0 Å². The van der Waals surface area contributed by atoms with Crippen molar-refractivity contribution in [2.45, 2.75) is 13.8 Å². The zero-order chi connectivity index (χ0) is 11.3. The third-order valence-electron chi connectivity index (χ3n) is 1.66. The lowest BCUT2D eigenvalue weighted by Crippen LogP contribution is -1.99. The zero-order valence-corrected chi connectivity index (χ0v) is 8.65. The van der Waals surface area contributed by atoms with Gasteiger partial charge in [-0.15, -0.1) is 0 Å². The number of benzene rings is 1. The van der Waals surface area contributed by atoms with E-state index in [-0.39, 0.29) is 11.4 Å². The first-order chi connectivity index (χ1) is 7.19. The fourth-order valence-electron chi connectivity index (χ4n) is 1.10. The second-order valence-electron chi connectivity index (χ2n) is 2.67. The van der Waals surface area contributed by atoms with Crippen molar-refractivity contribution >= 4 is 5.69 Å². The molecule has 0 atom stereocenters. The third kappa shape index (κ3) is 2.83. The molecule has 0 saturated carbocycles. The Morgan fingerprint density at radius 1 is 1.40 bits per heavy atom. The maximum atomic E-state index is 10.7. The molecule has 5 heteroatoms. The number of rotatable bonds is 5. The molecule has 0 heterocycles. The van der Waals surface area contributed by atoms with Crippen LogP contribution < -0.4 is 9.47 Å². The SMILES string of the molecule is CCOc1[c]cc(OCC)c([N+](=O)[O-])c1. The number of nitro benzene ring substituents is 1. The van der Waals surface area contributed by atoms with Gasteiger partial charge in [-0.3, -0.25) is 10.1 Å². The summed E-state index contributed by atoms with van der Waals surface area (Å²) in [5.41, 5.74) is -0.0981. The van der Waals surface area contributed by atoms with Gasteiger partial charge in [0.15, 0.2) is 5.75 Å². The molecule has 1 radical (unpaired) electrons. The molecule has 1 aromatic rings. The Morgan fingerprint density at radius 3 is 2.60 bits per heavy atom. The van der Waals surface area contributed by atoms with E-state index in [9.17, 15) is 10.1 Å². The average Bonchev–Trinajstić information content (AvgIpc) is 2.21. The van der Waals surface area contributed by atoms with Crippen LogP contribution in [0.5, 0.6) is 11.5 Å². The molecule has 0 aliphatic heterocycles. The van der Waals surface area contributed by atoms with E-state index in [0.29, 0.717) is 19.0 Å². The first-order valence-electron chi connectivity index (χ1n) is 4.64. The quantitative estimate of drug-likeness (QED) is 0.552. The number of hydrogen-bond acceptors (Lipinski definition) is 4. The summed E-state index contributed by atoms with van der Waals surface area (Å²) in [6, 6.07) is 5.50. The highest BCUT2D eigenvalue weighted by Gasteiger charge is 2.16. The van der Waals surface area contributed by atoms with Crippen LogP contribution in [-0.2, 0) is 0 Å². The van der Waals surface area contributed by atoms with Gasteiger partial charge in [0, 0.05) is 6.07 Å². The van der Waals surface area contributed by atoms with Crippen molar-refractivity contribution < 1.29 is 14.4 Å². The van der Waals surface area contributed by atoms with Crippen molar-refractivity contribution in [2.24, 2.45) is 0 Å². The van der Waals surface area contributed by atoms with E-state index in [1.165, 1.54) is 12.1 Å². The molecule has 0 aromatic heterocycles. The van der Waals surface area contributed by atoms with Gasteiger partial charge in [0.2, 0.25) is 0 Å². The Bertz CT molecular complexity index is 351. The summed E-state index contributed by atoms with van der Waals surface area (Å²) in [4.78, 5) is 10.2. The lowest BCUT2D eigenvalue weighted by atomic mass is 10.3. The lowest BCUT2D eigenvalue weighted by Gasteiger charge is -2.06. The Morgan fingerprint density at radius 2 is 2.07 bits per heavy atom. The molecular weight excluding hydrogens is 198 g/mol. The van der Waals surface area contributed by atoms with Crippen molar-refractivity contribution in [3.63, 3.8) is 0 Å². The van der Waals surface area contributed by atoms with E-state index in [1.807, 2.05) is 0 Å². The molecular formula is C10H12NO4. The molecule has 0 aliphatic rings. The monoisotopic (exact) mass is 210 g/mol. The highest BCUT2D eigenvalue weighted by molar-refractivity contribution is 5.50. The fraction of sp³-hybridized carbons (Fsp3) is 0.400. The zero-order valence-electron chi connectivity index (χ0n) is 8.65. The van der Waals surface area contributed by atoms with Gasteiger partial charge in [0.25, 0.3) is 0 Å². The molecule has 0 spiro atoms. The van der Waals surface area contributed by atoms with Crippen LogP contribution in [0.1, 0.15) is 13.8 Å². The number of nitro groups is 1. The minimum absolute atomic E-state index is 0.0981. The van der Waals surface area contributed by atoms with Crippen LogP contribution in [0, 0.1) is 16.2 Å². The molecule has 0 aliphatic carbocycles. The van der Waals surface area contributed by atoms with Crippen molar-refractivity contribution in [2.75, 3.05) is 13.2 Å². The highest BCUT2D eigenvalue weighted by Crippen LogP contribution is 2.30. The summed E-state index contributed by atoms with van der Waals surface area (Å²) in [6.07, 6.45) is 0. The maximum absolute atomic E-state index is 10.7. The van der Waals surface area contributed by atoms with Gasteiger partial charge in [-0.2, -0.15) is 0 Å². The number of ether oxygens (including phenoxy) is 2. The number of hydrogen-bond donors (Lipinski definition) is 0. The smallest absolute Gasteiger partial charge is 0.314 e. The van der Waals surface area contributed by atoms with Gasteiger partial charge in [-0.25, -0.2) is 0 Å². The van der Waals surface area contributed by atoms with E-state index in [0.717, 1.165) is 0 Å². The summed E-state index contributed by atoms with van der Waals surface area (Å²) in [7, 11) is 0. The van der Waals surface area contributed by atoms with Crippen LogP contribution in [0.15, 0.2) is 12.1 Å². The predicted octanol–water partition coefficient (Wildman–Crippen LogP) is 2.19. The topological polar surface area (TPSA) is 61.6 Å². The first-order valence-corrected chi connectivity index (χ1v) is 4.64. The van der Waals surface area contributed by atoms with E-state index in [2.05, 4.69) is 6.07 Å². The van der Waals surface area contributed by atoms with E-state index >= 15 is 0 Å². The average molecular weight is 210 g/mol. The lowest BCUT2D eigenvalue weighted by molar-refractivity contribution is -0.385. The largest absolute Gasteiger partial charge is 0.493 e. The van der Waals surface area contributed by atoms with Crippen molar-refractivity contribution in [3.05, 3.63) is 28.3 Å². The summed E-state index contributed by atoms with van der Waals surface area (Å²) in [5, 5.41) is 10.7. The Balaban J connectivity index is 3.03. The number of nitrogens with zero attached hydrogens (tertiary/aromatic N) is 1. The van der Waals surface area contributed by atoms with Gasteiger partial charge < -0.3 is 9.47 Å². The van der Waals surface area contributed by atoms with E-state index in [4.69, 9.17) is 9.47 Å². The summed E-state index contributed by atoms with van der Waals surface area (Å²) in [5.74, 6) is 0.568. The highest BCUT2D eigenvalue weighted by atomic mass is 16.6. The van der Waals surface area contributed by atoms with Crippen LogP contribution in [0.25, 0.3) is 0 Å². The molecule has 15 heavy (non-hydrogen) atoms. The van der Waals surface area contributed by atoms with Gasteiger partial charge in [0.05, 0.1) is 24.2 Å². The Kier molecular flexibility index (Phi) is 3.91. The molecule has 0 bridgehead atoms. The minimum atomic E-state index is -0.499. The standard InChI is InChI=1S/C10H12NO4/c1-3-14-8-5-6-10(15-4-2)9(7-8)11(12)13/h6-7H,3-4H2,1-2H3. The molecule has 0 unspecified atom stereocenters. The van der Waals surface area contributed by atoms with Gasteiger partial charge in [-0.05, 0) is 19.9 Å². The molecule has 5 nitrogen and oxygen atoms in total. The molecule has 81 valence electrons. The van der Waals surface area contributed by atoms with Gasteiger partial charge in [0.1, 0.15) is 5.75 Å². The molecule has 0 saturated heterocycles. The first kappa shape index (κ1) is 11.3. The summed E-state index contributed by atoms with van der Waals surface area (Å²) < 4.78 is 10.2. The normalized spacial score (nSPS) is 9.73. The van der Waals surface area contributed by atoms with Crippen LogP contribution in [0.4, 0.5) is 5.69 Å². The second kappa shape index (κ2) is 5.19.